The molecule has 0 radical (unpaired) electrons. The predicted molar refractivity (Wildman–Crippen MR) is 231 cm³/mol. The van der Waals surface area contributed by atoms with Gasteiger partial charge in [0.25, 0.3) is 0 Å². The lowest BCUT2D eigenvalue weighted by Crippen LogP contribution is -2.79. The van der Waals surface area contributed by atoms with Crippen LogP contribution in [0.15, 0.2) is 65.4 Å². The molecule has 2 bridgehead atoms. The zero-order valence-corrected chi connectivity index (χ0v) is 37.4. The number of carbonyl (C=O) groups excluding carboxylic acids is 3. The minimum atomic E-state index is -2.26. The molecule has 3 fully saturated rings. The van der Waals surface area contributed by atoms with Crippen molar-refractivity contribution >= 4 is 28.8 Å². The van der Waals surface area contributed by atoms with E-state index in [1.54, 1.807) is 7.11 Å². The molecule has 6 heterocycles. The number of esters is 3. The van der Waals surface area contributed by atoms with Gasteiger partial charge < -0.3 is 33.9 Å². The van der Waals surface area contributed by atoms with Crippen LogP contribution in [-0.2, 0) is 51.7 Å². The average molecular weight is 837 g/mol. The predicted octanol–water partition coefficient (Wildman–Crippen LogP) is 5.59. The summed E-state index contributed by atoms with van der Waals surface area (Å²) in [4.78, 5) is 53.8. The Hall–Kier alpha value is -4.23. The number of nitrogens with one attached hydrogen (secondary N) is 1. The van der Waals surface area contributed by atoms with Crippen LogP contribution in [0.2, 0.25) is 0 Å². The van der Waals surface area contributed by atoms with E-state index in [4.69, 9.17) is 18.9 Å². The Morgan fingerprint density at radius 1 is 1.02 bits per heavy atom. The molecule has 12 nitrogen and oxygen atoms in total. The van der Waals surface area contributed by atoms with Crippen LogP contribution in [0, 0.1) is 28.6 Å². The van der Waals surface area contributed by atoms with Crippen LogP contribution in [0.1, 0.15) is 77.1 Å². The number of H-pyrrole nitrogens is 1. The maximum absolute atomic E-state index is 15.4. The van der Waals surface area contributed by atoms with E-state index in [1.165, 1.54) is 32.3 Å². The topological polar surface area (TPSA) is 134 Å². The Bertz CT molecular complexity index is 2270. The van der Waals surface area contributed by atoms with E-state index in [-0.39, 0.29) is 17.9 Å². The van der Waals surface area contributed by atoms with E-state index >= 15 is 4.79 Å². The second-order valence-electron chi connectivity index (χ2n) is 19.5. The highest BCUT2D eigenvalue weighted by atomic mass is 16.6. The fourth-order valence-corrected chi connectivity index (χ4v) is 14.0. The minimum Gasteiger partial charge on any atom is -0.468 e. The number of likely N-dealkylation sites (N-methyl/N-ethyl adjacent to an activating group) is 1. The molecule has 1 aromatic carbocycles. The molecule has 3 unspecified atom stereocenters. The molecule has 2 N–H and O–H groups in total. The first-order valence-corrected chi connectivity index (χ1v) is 22.4. The van der Waals surface area contributed by atoms with Gasteiger partial charge in [-0.25, -0.2) is 4.79 Å². The SMILES string of the molecule is CCC1=C[C@H]2CN(C1)Cc1c([nH]c3ccc(CC(C)C)cc13)[C@@](C(=O)OC)(C1C=C3C(=CC1OC)N(C)[C@H]1[C@@](O)(C(=O)OC)[C@H](OC(C)=O)[C@]4(CC)C=CCN5CC[C@]31[C@@H]54)C2. The number of hydrogen-bond acceptors (Lipinski definition) is 11. The van der Waals surface area contributed by atoms with E-state index in [0.717, 1.165) is 59.4 Å². The summed E-state index contributed by atoms with van der Waals surface area (Å²) in [6.45, 7) is 13.8. The Labute approximate surface area is 359 Å². The number of benzene rings is 1. The zero-order valence-electron chi connectivity index (χ0n) is 37.4. The molecule has 0 amide bonds. The lowest BCUT2D eigenvalue weighted by atomic mass is 9.47. The van der Waals surface area contributed by atoms with E-state index in [1.807, 2.05) is 18.9 Å². The van der Waals surface area contributed by atoms with Crippen molar-refractivity contribution in [2.75, 3.05) is 54.6 Å². The van der Waals surface area contributed by atoms with Gasteiger partial charge in [-0.1, -0.05) is 63.6 Å². The van der Waals surface area contributed by atoms with Gasteiger partial charge in [0.2, 0.25) is 5.60 Å². The van der Waals surface area contributed by atoms with E-state index in [0.29, 0.717) is 44.8 Å². The summed E-state index contributed by atoms with van der Waals surface area (Å²) in [5, 5.41) is 14.5. The average Bonchev–Trinajstić information content (AvgIpc) is 3.89. The van der Waals surface area contributed by atoms with Gasteiger partial charge in [0.1, 0.15) is 5.41 Å². The molecular weight excluding hydrogens is 773 g/mol. The summed E-state index contributed by atoms with van der Waals surface area (Å²) in [6, 6.07) is 5.55. The number of rotatable bonds is 9. The van der Waals surface area contributed by atoms with Crippen molar-refractivity contribution in [3.63, 3.8) is 0 Å². The quantitative estimate of drug-likeness (QED) is 0.186. The third kappa shape index (κ3) is 5.73. The van der Waals surface area contributed by atoms with Crippen molar-refractivity contribution in [2.45, 2.75) is 109 Å². The number of ether oxygens (including phenoxy) is 4. The Morgan fingerprint density at radius 2 is 1.79 bits per heavy atom. The third-order valence-corrected chi connectivity index (χ3v) is 16.0. The zero-order chi connectivity index (χ0) is 43.4. The second kappa shape index (κ2) is 15.0. The van der Waals surface area contributed by atoms with Gasteiger partial charge in [-0.2, -0.15) is 0 Å². The van der Waals surface area contributed by atoms with Crippen LogP contribution >= 0.6 is 0 Å². The molecule has 11 atom stereocenters. The molecule has 1 aromatic heterocycles. The summed E-state index contributed by atoms with van der Waals surface area (Å²) >= 11 is 0. The number of fused-ring (bicyclic) bond motifs is 6. The number of methoxy groups -OCH3 is 3. The molecule has 7 aliphatic rings. The monoisotopic (exact) mass is 836 g/mol. The van der Waals surface area contributed by atoms with E-state index < -0.39 is 58.0 Å². The van der Waals surface area contributed by atoms with Crippen LogP contribution in [-0.4, -0.2) is 127 Å². The summed E-state index contributed by atoms with van der Waals surface area (Å²) < 4.78 is 24.3. The molecule has 61 heavy (non-hydrogen) atoms. The lowest BCUT2D eigenvalue weighted by molar-refractivity contribution is -0.243. The van der Waals surface area contributed by atoms with Gasteiger partial charge in [-0.3, -0.25) is 19.4 Å². The first kappa shape index (κ1) is 42.1. The largest absolute Gasteiger partial charge is 0.468 e. The van der Waals surface area contributed by atoms with Crippen molar-refractivity contribution in [1.82, 2.24) is 19.7 Å². The number of allylic oxidation sites excluding steroid dienone is 1. The first-order chi connectivity index (χ1) is 29.2. The van der Waals surface area contributed by atoms with Gasteiger partial charge in [0, 0.05) is 92.3 Å². The normalized spacial score (nSPS) is 37.4. The maximum atomic E-state index is 15.4. The molecule has 1 spiro atoms. The molecular formula is C49H64N4O8. The molecule has 5 aliphatic heterocycles. The van der Waals surface area contributed by atoms with Gasteiger partial charge in [-0.15, -0.1) is 0 Å². The molecule has 2 aromatic rings. The van der Waals surface area contributed by atoms with Gasteiger partial charge >= 0.3 is 17.9 Å². The minimum absolute atomic E-state index is 0.0547. The van der Waals surface area contributed by atoms with Crippen molar-refractivity contribution in [2.24, 2.45) is 28.6 Å². The second-order valence-corrected chi connectivity index (χ2v) is 19.5. The van der Waals surface area contributed by atoms with E-state index in [2.05, 4.69) is 84.1 Å². The first-order valence-electron chi connectivity index (χ1n) is 22.4. The Morgan fingerprint density at radius 3 is 2.46 bits per heavy atom. The highest BCUT2D eigenvalue weighted by Gasteiger charge is 2.81. The number of carbonyl (C=O) groups is 3. The summed E-state index contributed by atoms with van der Waals surface area (Å²) in [7, 11) is 6.38. The van der Waals surface area contributed by atoms with E-state index in [9.17, 15) is 14.7 Å². The lowest BCUT2D eigenvalue weighted by Gasteiger charge is -2.63. The smallest absolute Gasteiger partial charge is 0.344 e. The molecule has 12 heteroatoms. The fraction of sp³-hybridized carbons (Fsp3) is 0.612. The summed E-state index contributed by atoms with van der Waals surface area (Å²) in [5.41, 5.74) is 2.11. The van der Waals surface area contributed by atoms with Crippen LogP contribution in [0.4, 0.5) is 0 Å². The standard InChI is InChI=1S/C49H64N4O8/c1-10-30-20-32-24-48(44(55)59-8,40-34(27-52(25-30)26-32)33-21-31(19-28(3)4)13-14-37(33)50-40)36-22-35-38(23-39(36)58-7)51(6)42-47(35)16-18-53-17-12-15-46(11-2,41(47)53)43(61-29(5)54)49(42,57)45(56)60-9/h12-15,20-23,28,32,36,39,41-43,50,57H,10-11,16-19,24-27H2,1-9H3/t32-,36?,39?,41+,42-,43-,46-,47-,48+,49+/m1/s1. The number of aliphatic hydroxyl groups is 1. The summed E-state index contributed by atoms with van der Waals surface area (Å²) in [5.74, 6) is -1.76. The van der Waals surface area contributed by atoms with Crippen LogP contribution in [0.25, 0.3) is 10.9 Å². The molecule has 1 saturated carbocycles. The fourth-order valence-electron chi connectivity index (χ4n) is 14.0. The molecule has 2 aliphatic carbocycles. The third-order valence-electron chi connectivity index (χ3n) is 16.0. The molecule has 9 rings (SSSR count). The van der Waals surface area contributed by atoms with Crippen LogP contribution < -0.4 is 0 Å². The van der Waals surface area contributed by atoms with Crippen LogP contribution in [0.3, 0.4) is 0 Å². The number of nitrogens with zero attached hydrogens (tertiary/aromatic N) is 3. The number of hydrogen-bond donors (Lipinski definition) is 2. The molecule has 2 saturated heterocycles. The van der Waals surface area contributed by atoms with Gasteiger partial charge in [0.15, 0.2) is 6.10 Å². The highest BCUT2D eigenvalue weighted by molar-refractivity contribution is 5.92. The van der Waals surface area contributed by atoms with Crippen LogP contribution in [0.5, 0.6) is 0 Å². The summed E-state index contributed by atoms with van der Waals surface area (Å²) in [6.07, 6.45) is 12.6. The maximum Gasteiger partial charge on any atom is 0.344 e. The van der Waals surface area contributed by atoms with Gasteiger partial charge in [0.05, 0.1) is 26.4 Å². The number of aromatic amines is 1. The van der Waals surface area contributed by atoms with Crippen molar-refractivity contribution in [3.05, 3.63) is 82.2 Å². The Kier molecular flexibility index (Phi) is 10.3. The van der Waals surface area contributed by atoms with Crippen molar-refractivity contribution < 1.29 is 38.4 Å². The van der Waals surface area contributed by atoms with Crippen molar-refractivity contribution in [3.8, 4) is 0 Å². The highest BCUT2D eigenvalue weighted by Crippen LogP contribution is 2.70. The molecule has 328 valence electrons. The van der Waals surface area contributed by atoms with Crippen molar-refractivity contribution in [1.29, 1.82) is 0 Å². The number of likely N-dealkylation sites (tertiary alicyclic amines) is 1. The van der Waals surface area contributed by atoms with Gasteiger partial charge in [-0.05, 0) is 85.4 Å². The number of aromatic nitrogens is 1. The Balaban J connectivity index is 1.33.